The van der Waals surface area contributed by atoms with Crippen molar-refractivity contribution >= 4 is 0 Å². The molecule has 2 heteroatoms. The number of halogens is 2. The summed E-state index contributed by atoms with van der Waals surface area (Å²) in [4.78, 5) is 0. The molecule has 0 heterocycles. The van der Waals surface area contributed by atoms with Crippen LogP contribution >= 0.6 is 0 Å². The normalized spacial score (nSPS) is 28.9. The van der Waals surface area contributed by atoms with Gasteiger partial charge in [0.2, 0.25) is 0 Å². The summed E-state index contributed by atoms with van der Waals surface area (Å²) in [6.07, 6.45) is 0. The molecule has 0 bridgehead atoms. The van der Waals surface area contributed by atoms with E-state index in [9.17, 15) is 8.78 Å². The molecule has 2 unspecified atom stereocenters. The van der Waals surface area contributed by atoms with E-state index in [0.717, 1.165) is 5.56 Å². The van der Waals surface area contributed by atoms with Gasteiger partial charge in [-0.3, -0.25) is 0 Å². The molecule has 1 saturated carbocycles. The Hall–Kier alpha value is -0.920. The van der Waals surface area contributed by atoms with E-state index in [2.05, 4.69) is 0 Å². The average molecular weight is 210 g/mol. The van der Waals surface area contributed by atoms with Crippen LogP contribution in [-0.4, -0.2) is 5.92 Å². The summed E-state index contributed by atoms with van der Waals surface area (Å²) in [5.74, 6) is -3.63. The van der Waals surface area contributed by atoms with Gasteiger partial charge in [-0.25, -0.2) is 8.78 Å². The minimum atomic E-state index is -2.53. The molecule has 0 aromatic heterocycles. The molecule has 15 heavy (non-hydrogen) atoms. The molecular weight excluding hydrogens is 194 g/mol. The summed E-state index contributed by atoms with van der Waals surface area (Å²) < 4.78 is 27.3. The van der Waals surface area contributed by atoms with Gasteiger partial charge in [-0.15, -0.1) is 0 Å². The van der Waals surface area contributed by atoms with Gasteiger partial charge in [0.1, 0.15) is 0 Å². The van der Waals surface area contributed by atoms with Crippen molar-refractivity contribution in [3.8, 4) is 0 Å². The number of alkyl halides is 2. The Kier molecular flexibility index (Phi) is 2.14. The lowest BCUT2D eigenvalue weighted by atomic mass is 9.87. The van der Waals surface area contributed by atoms with Crippen LogP contribution in [0.5, 0.6) is 0 Å². The first-order valence-electron chi connectivity index (χ1n) is 5.28. The molecule has 82 valence electrons. The Balaban J connectivity index is 2.28. The van der Waals surface area contributed by atoms with Crippen molar-refractivity contribution in [2.24, 2.45) is 11.3 Å². The second-order valence-electron chi connectivity index (χ2n) is 5.41. The van der Waals surface area contributed by atoms with Gasteiger partial charge in [0.25, 0.3) is 5.92 Å². The standard InChI is InChI=1S/C13H16F2/c1-12(2,3)11-10(13(11,14)15)9-7-5-4-6-8-9/h4-8,10-11H,1-3H3. The Labute approximate surface area is 89.3 Å². The van der Waals surface area contributed by atoms with E-state index in [1.807, 2.05) is 39.0 Å². The SMILES string of the molecule is CC(C)(C)C1C(c2ccccc2)C1(F)F. The molecule has 1 aliphatic rings. The number of hydrogen-bond donors (Lipinski definition) is 0. The smallest absolute Gasteiger partial charge is 0.206 e. The molecule has 1 aromatic carbocycles. The largest absolute Gasteiger partial charge is 0.259 e. The molecule has 2 atom stereocenters. The predicted octanol–water partition coefficient (Wildman–Crippen LogP) is 4.08. The van der Waals surface area contributed by atoms with Crippen LogP contribution in [0.15, 0.2) is 30.3 Å². The zero-order valence-corrected chi connectivity index (χ0v) is 9.30. The van der Waals surface area contributed by atoms with Gasteiger partial charge < -0.3 is 0 Å². The zero-order valence-electron chi connectivity index (χ0n) is 9.30. The zero-order chi connectivity index (χ0) is 11.3. The molecule has 0 nitrogen and oxygen atoms in total. The molecule has 0 saturated heterocycles. The van der Waals surface area contributed by atoms with E-state index >= 15 is 0 Å². The van der Waals surface area contributed by atoms with Crippen molar-refractivity contribution in [3.05, 3.63) is 35.9 Å². The molecule has 0 aliphatic heterocycles. The number of benzene rings is 1. The van der Waals surface area contributed by atoms with Gasteiger partial charge in [-0.2, -0.15) is 0 Å². The van der Waals surface area contributed by atoms with Crippen LogP contribution in [0.1, 0.15) is 32.3 Å². The first kappa shape index (κ1) is 10.6. The van der Waals surface area contributed by atoms with Crippen molar-refractivity contribution < 1.29 is 8.78 Å². The van der Waals surface area contributed by atoms with Gasteiger partial charge >= 0.3 is 0 Å². The minimum Gasteiger partial charge on any atom is -0.206 e. The summed E-state index contributed by atoms with van der Waals surface area (Å²) in [6.45, 7) is 5.65. The average Bonchev–Trinajstić information content (AvgIpc) is 2.70. The van der Waals surface area contributed by atoms with Gasteiger partial charge in [0, 0.05) is 5.92 Å². The highest BCUT2D eigenvalue weighted by Crippen LogP contribution is 2.67. The van der Waals surface area contributed by atoms with Crippen molar-refractivity contribution in [3.63, 3.8) is 0 Å². The third-order valence-corrected chi connectivity index (χ3v) is 3.15. The fourth-order valence-electron chi connectivity index (χ4n) is 2.48. The quantitative estimate of drug-likeness (QED) is 0.655. The first-order valence-corrected chi connectivity index (χ1v) is 5.28. The third kappa shape index (κ3) is 1.66. The molecule has 1 aromatic rings. The highest BCUT2D eigenvalue weighted by molar-refractivity contribution is 5.33. The maximum Gasteiger partial charge on any atom is 0.259 e. The van der Waals surface area contributed by atoms with E-state index in [1.165, 1.54) is 0 Å². The van der Waals surface area contributed by atoms with Gasteiger partial charge in [0.05, 0.1) is 5.92 Å². The molecule has 0 spiro atoms. The maximum absolute atomic E-state index is 13.6. The van der Waals surface area contributed by atoms with Gasteiger partial charge in [0.15, 0.2) is 0 Å². The summed E-state index contributed by atoms with van der Waals surface area (Å²) in [5, 5.41) is 0. The van der Waals surface area contributed by atoms with E-state index in [1.54, 1.807) is 12.1 Å². The number of hydrogen-bond acceptors (Lipinski definition) is 0. The van der Waals surface area contributed by atoms with Crippen LogP contribution in [0.4, 0.5) is 8.78 Å². The van der Waals surface area contributed by atoms with Gasteiger partial charge in [-0.05, 0) is 11.0 Å². The predicted molar refractivity (Wildman–Crippen MR) is 57.1 cm³/mol. The van der Waals surface area contributed by atoms with E-state index in [4.69, 9.17) is 0 Å². The highest BCUT2D eigenvalue weighted by atomic mass is 19.3. The lowest BCUT2D eigenvalue weighted by Gasteiger charge is -2.17. The van der Waals surface area contributed by atoms with Crippen molar-refractivity contribution in [1.29, 1.82) is 0 Å². The Morgan fingerprint density at radius 3 is 2.00 bits per heavy atom. The topological polar surface area (TPSA) is 0 Å². The molecule has 1 aliphatic carbocycles. The maximum atomic E-state index is 13.6. The van der Waals surface area contributed by atoms with Crippen molar-refractivity contribution in [2.45, 2.75) is 32.6 Å². The lowest BCUT2D eigenvalue weighted by molar-refractivity contribution is 0.0682. The second-order valence-corrected chi connectivity index (χ2v) is 5.41. The number of rotatable bonds is 1. The van der Waals surface area contributed by atoms with E-state index < -0.39 is 17.8 Å². The Morgan fingerprint density at radius 2 is 1.60 bits per heavy atom. The Bertz CT molecular complexity index is 349. The molecule has 2 rings (SSSR count). The highest BCUT2D eigenvalue weighted by Gasteiger charge is 2.72. The van der Waals surface area contributed by atoms with Crippen LogP contribution in [-0.2, 0) is 0 Å². The van der Waals surface area contributed by atoms with Crippen LogP contribution in [0.25, 0.3) is 0 Å². The summed E-state index contributed by atoms with van der Waals surface area (Å²) in [6, 6.07) is 9.09. The van der Waals surface area contributed by atoms with E-state index in [0.29, 0.717) is 0 Å². The lowest BCUT2D eigenvalue weighted by Crippen LogP contribution is -2.13. The van der Waals surface area contributed by atoms with E-state index in [-0.39, 0.29) is 5.41 Å². The van der Waals surface area contributed by atoms with Crippen molar-refractivity contribution in [1.82, 2.24) is 0 Å². The van der Waals surface area contributed by atoms with Crippen LogP contribution in [0, 0.1) is 11.3 Å². The van der Waals surface area contributed by atoms with Crippen molar-refractivity contribution in [2.75, 3.05) is 0 Å². The van der Waals surface area contributed by atoms with Crippen LogP contribution in [0.3, 0.4) is 0 Å². The summed E-state index contributed by atoms with van der Waals surface area (Å²) in [5.41, 5.74) is 0.437. The summed E-state index contributed by atoms with van der Waals surface area (Å²) in [7, 11) is 0. The van der Waals surface area contributed by atoms with Crippen LogP contribution < -0.4 is 0 Å². The molecule has 0 radical (unpaired) electrons. The first-order chi connectivity index (χ1) is 6.85. The molecule has 0 N–H and O–H groups in total. The molecule has 0 amide bonds. The minimum absolute atomic E-state index is 0.329. The van der Waals surface area contributed by atoms with Gasteiger partial charge in [-0.1, -0.05) is 51.1 Å². The third-order valence-electron chi connectivity index (χ3n) is 3.15. The Morgan fingerprint density at radius 1 is 1.07 bits per heavy atom. The monoisotopic (exact) mass is 210 g/mol. The molecular formula is C13H16F2. The summed E-state index contributed by atoms with van der Waals surface area (Å²) >= 11 is 0. The molecule has 1 fully saturated rings. The fourth-order valence-corrected chi connectivity index (χ4v) is 2.48. The van der Waals surface area contributed by atoms with Crippen LogP contribution in [0.2, 0.25) is 0 Å². The fraction of sp³-hybridized carbons (Fsp3) is 0.538. The second kappa shape index (κ2) is 3.03.